The molecule has 1 amide bonds. The highest BCUT2D eigenvalue weighted by Gasteiger charge is 2.23. The molecule has 0 spiro atoms. The second-order valence-electron chi connectivity index (χ2n) is 4.20. The Morgan fingerprint density at radius 2 is 2.19 bits per heavy atom. The van der Waals surface area contributed by atoms with E-state index in [-0.39, 0.29) is 12.0 Å². The van der Waals surface area contributed by atoms with Gasteiger partial charge in [-0.05, 0) is 31.9 Å². The Morgan fingerprint density at radius 1 is 1.50 bits per heavy atom. The maximum atomic E-state index is 12.2. The number of hydrogen-bond donors (Lipinski definition) is 1. The average Bonchev–Trinajstić information content (AvgIpc) is 2.77. The number of aliphatic hydroxyl groups is 1. The van der Waals surface area contributed by atoms with Crippen LogP contribution in [0.5, 0.6) is 0 Å². The monoisotopic (exact) mass is 222 g/mol. The molecule has 0 atom stereocenters. The van der Waals surface area contributed by atoms with E-state index in [1.165, 1.54) is 0 Å². The number of aryl methyl sites for hydroxylation is 1. The number of amides is 1. The van der Waals surface area contributed by atoms with Crippen molar-refractivity contribution in [2.45, 2.75) is 32.4 Å². The van der Waals surface area contributed by atoms with Gasteiger partial charge in [-0.15, -0.1) is 0 Å². The molecular formula is C12H18N2O2. The molecule has 1 saturated heterocycles. The van der Waals surface area contributed by atoms with E-state index in [1.54, 1.807) is 0 Å². The van der Waals surface area contributed by atoms with E-state index in [1.807, 2.05) is 34.7 Å². The first-order valence-corrected chi connectivity index (χ1v) is 5.85. The van der Waals surface area contributed by atoms with Gasteiger partial charge in [0.15, 0.2) is 0 Å². The predicted molar refractivity (Wildman–Crippen MR) is 61.3 cm³/mol. The second kappa shape index (κ2) is 4.70. The summed E-state index contributed by atoms with van der Waals surface area (Å²) in [4.78, 5) is 14.0. The molecule has 0 radical (unpaired) electrons. The number of aliphatic hydroxyl groups excluding tert-OH is 1. The van der Waals surface area contributed by atoms with E-state index < -0.39 is 0 Å². The highest BCUT2D eigenvalue weighted by Crippen LogP contribution is 2.14. The number of nitrogens with zero attached hydrogens (tertiary/aromatic N) is 2. The van der Waals surface area contributed by atoms with Gasteiger partial charge in [0.1, 0.15) is 5.69 Å². The lowest BCUT2D eigenvalue weighted by Crippen LogP contribution is -2.40. The van der Waals surface area contributed by atoms with Crippen LogP contribution in [-0.2, 0) is 6.54 Å². The lowest BCUT2D eigenvalue weighted by Gasteiger charge is -2.29. The molecule has 0 bridgehead atoms. The molecule has 1 aliphatic heterocycles. The number of aromatic nitrogens is 1. The van der Waals surface area contributed by atoms with Crippen LogP contribution in [0.4, 0.5) is 0 Å². The van der Waals surface area contributed by atoms with Crippen molar-refractivity contribution in [3.05, 3.63) is 24.0 Å². The summed E-state index contributed by atoms with van der Waals surface area (Å²) in [5.74, 6) is 0.0822. The molecular weight excluding hydrogens is 204 g/mol. The minimum absolute atomic E-state index is 0.0822. The van der Waals surface area contributed by atoms with Gasteiger partial charge in [-0.2, -0.15) is 0 Å². The quantitative estimate of drug-likeness (QED) is 0.814. The van der Waals surface area contributed by atoms with Crippen molar-refractivity contribution in [1.29, 1.82) is 0 Å². The normalized spacial score (nSPS) is 17.8. The lowest BCUT2D eigenvalue weighted by molar-refractivity contribution is 0.0537. The summed E-state index contributed by atoms with van der Waals surface area (Å²) in [7, 11) is 0. The van der Waals surface area contributed by atoms with Crippen molar-refractivity contribution >= 4 is 5.91 Å². The maximum absolute atomic E-state index is 12.2. The second-order valence-corrected chi connectivity index (χ2v) is 4.20. The van der Waals surface area contributed by atoms with Gasteiger partial charge in [0.05, 0.1) is 6.10 Å². The maximum Gasteiger partial charge on any atom is 0.270 e. The molecule has 0 saturated carbocycles. The Labute approximate surface area is 95.5 Å². The van der Waals surface area contributed by atoms with E-state index in [2.05, 4.69) is 0 Å². The van der Waals surface area contributed by atoms with Crippen molar-refractivity contribution < 1.29 is 9.90 Å². The zero-order chi connectivity index (χ0) is 11.5. The van der Waals surface area contributed by atoms with E-state index in [0.717, 1.165) is 12.2 Å². The van der Waals surface area contributed by atoms with Crippen molar-refractivity contribution in [3.63, 3.8) is 0 Å². The van der Waals surface area contributed by atoms with Crippen LogP contribution in [0, 0.1) is 0 Å². The van der Waals surface area contributed by atoms with Crippen molar-refractivity contribution in [3.8, 4) is 0 Å². The smallest absolute Gasteiger partial charge is 0.270 e. The summed E-state index contributed by atoms with van der Waals surface area (Å²) in [6.45, 7) is 4.16. The molecule has 1 fully saturated rings. The molecule has 1 aliphatic rings. The zero-order valence-electron chi connectivity index (χ0n) is 9.59. The summed E-state index contributed by atoms with van der Waals surface area (Å²) in [5, 5.41) is 9.40. The number of carbonyl (C=O) groups is 1. The number of rotatable bonds is 2. The fourth-order valence-corrected chi connectivity index (χ4v) is 2.11. The van der Waals surface area contributed by atoms with Gasteiger partial charge in [-0.25, -0.2) is 0 Å². The first-order chi connectivity index (χ1) is 7.72. The highest BCUT2D eigenvalue weighted by molar-refractivity contribution is 5.92. The SMILES string of the molecule is CCn1cccc1C(=O)N1CCC(O)CC1. The Morgan fingerprint density at radius 3 is 2.81 bits per heavy atom. The van der Waals surface area contributed by atoms with Crippen molar-refractivity contribution in [2.75, 3.05) is 13.1 Å². The third kappa shape index (κ3) is 2.11. The van der Waals surface area contributed by atoms with Crippen LogP contribution in [0.1, 0.15) is 30.3 Å². The molecule has 4 heteroatoms. The number of carbonyl (C=O) groups excluding carboxylic acids is 1. The predicted octanol–water partition coefficient (Wildman–Crippen LogP) is 1.10. The molecule has 1 N–H and O–H groups in total. The van der Waals surface area contributed by atoms with E-state index >= 15 is 0 Å². The Balaban J connectivity index is 2.07. The molecule has 1 aromatic rings. The molecule has 88 valence electrons. The first kappa shape index (κ1) is 11.2. The summed E-state index contributed by atoms with van der Waals surface area (Å²) >= 11 is 0. The van der Waals surface area contributed by atoms with Crippen LogP contribution in [-0.4, -0.2) is 39.7 Å². The molecule has 16 heavy (non-hydrogen) atoms. The Bertz CT molecular complexity index is 365. The Hall–Kier alpha value is -1.29. The topological polar surface area (TPSA) is 45.5 Å². The van der Waals surface area contributed by atoms with Gasteiger partial charge < -0.3 is 14.6 Å². The van der Waals surface area contributed by atoms with Crippen LogP contribution >= 0.6 is 0 Å². The van der Waals surface area contributed by atoms with Crippen LogP contribution in [0.2, 0.25) is 0 Å². The summed E-state index contributed by atoms with van der Waals surface area (Å²) < 4.78 is 1.95. The molecule has 2 rings (SSSR count). The van der Waals surface area contributed by atoms with Crippen molar-refractivity contribution in [1.82, 2.24) is 9.47 Å². The fraction of sp³-hybridized carbons (Fsp3) is 0.583. The van der Waals surface area contributed by atoms with Crippen LogP contribution < -0.4 is 0 Å². The van der Waals surface area contributed by atoms with Crippen LogP contribution in [0.15, 0.2) is 18.3 Å². The summed E-state index contributed by atoms with van der Waals surface area (Å²) in [6, 6.07) is 3.76. The summed E-state index contributed by atoms with van der Waals surface area (Å²) in [6.07, 6.45) is 3.07. The molecule has 0 unspecified atom stereocenters. The highest BCUT2D eigenvalue weighted by atomic mass is 16.3. The number of likely N-dealkylation sites (tertiary alicyclic amines) is 1. The van der Waals surface area contributed by atoms with Gasteiger partial charge in [0.2, 0.25) is 0 Å². The third-order valence-corrected chi connectivity index (χ3v) is 3.14. The molecule has 1 aromatic heterocycles. The van der Waals surface area contributed by atoms with Gasteiger partial charge in [-0.3, -0.25) is 4.79 Å². The van der Waals surface area contributed by atoms with E-state index in [9.17, 15) is 9.90 Å². The first-order valence-electron chi connectivity index (χ1n) is 5.85. The van der Waals surface area contributed by atoms with E-state index in [4.69, 9.17) is 0 Å². The average molecular weight is 222 g/mol. The molecule has 0 aliphatic carbocycles. The number of piperidine rings is 1. The van der Waals surface area contributed by atoms with Crippen LogP contribution in [0.3, 0.4) is 0 Å². The van der Waals surface area contributed by atoms with Gasteiger partial charge in [0.25, 0.3) is 5.91 Å². The van der Waals surface area contributed by atoms with Gasteiger partial charge in [-0.1, -0.05) is 0 Å². The standard InChI is InChI=1S/C12H18N2O2/c1-2-13-7-3-4-11(13)12(16)14-8-5-10(15)6-9-14/h3-4,7,10,15H,2,5-6,8-9H2,1H3. The third-order valence-electron chi connectivity index (χ3n) is 3.14. The number of hydrogen-bond acceptors (Lipinski definition) is 2. The molecule has 4 nitrogen and oxygen atoms in total. The lowest BCUT2D eigenvalue weighted by atomic mass is 10.1. The minimum Gasteiger partial charge on any atom is -0.393 e. The van der Waals surface area contributed by atoms with Crippen molar-refractivity contribution in [2.24, 2.45) is 0 Å². The molecule has 0 aromatic carbocycles. The fourth-order valence-electron chi connectivity index (χ4n) is 2.11. The van der Waals surface area contributed by atoms with Gasteiger partial charge in [0, 0.05) is 25.8 Å². The zero-order valence-corrected chi connectivity index (χ0v) is 9.59. The summed E-state index contributed by atoms with van der Waals surface area (Å²) in [5.41, 5.74) is 0.749. The van der Waals surface area contributed by atoms with E-state index in [0.29, 0.717) is 25.9 Å². The Kier molecular flexibility index (Phi) is 3.29. The molecule has 2 heterocycles. The largest absolute Gasteiger partial charge is 0.393 e. The van der Waals surface area contributed by atoms with Crippen LogP contribution in [0.25, 0.3) is 0 Å². The van der Waals surface area contributed by atoms with Gasteiger partial charge >= 0.3 is 0 Å². The minimum atomic E-state index is -0.234.